The first-order valence-corrected chi connectivity index (χ1v) is 7.93. The Balaban J connectivity index is 1.90. The largest absolute Gasteiger partial charge is 0.475 e. The minimum atomic E-state index is -0.302. The summed E-state index contributed by atoms with van der Waals surface area (Å²) in [5, 5.41) is 2.93. The smallest absolute Gasteiger partial charge is 0.254 e. The Hall–Kier alpha value is -1.70. The van der Waals surface area contributed by atoms with Gasteiger partial charge in [-0.1, -0.05) is 17.7 Å². The molecule has 0 saturated heterocycles. The first-order valence-electron chi connectivity index (χ1n) is 6.76. The van der Waals surface area contributed by atoms with Gasteiger partial charge in [0.15, 0.2) is 0 Å². The Labute approximate surface area is 147 Å². The SMILES string of the molecule is COCCOc1ccc(CNC(=O)c2cc(Br)cnc2Cl)cn1. The molecule has 8 heteroatoms. The second kappa shape index (κ2) is 8.81. The number of halogens is 2. The highest BCUT2D eigenvalue weighted by Gasteiger charge is 2.11. The van der Waals surface area contributed by atoms with Crippen molar-refractivity contribution in [2.45, 2.75) is 6.54 Å². The Morgan fingerprint density at radius 2 is 2.13 bits per heavy atom. The van der Waals surface area contributed by atoms with Gasteiger partial charge in [0, 0.05) is 36.6 Å². The Kier molecular flexibility index (Phi) is 6.76. The monoisotopic (exact) mass is 399 g/mol. The van der Waals surface area contributed by atoms with E-state index in [9.17, 15) is 4.79 Å². The number of rotatable bonds is 7. The van der Waals surface area contributed by atoms with Gasteiger partial charge >= 0.3 is 0 Å². The van der Waals surface area contributed by atoms with Crippen LogP contribution in [0.3, 0.4) is 0 Å². The van der Waals surface area contributed by atoms with E-state index in [1.165, 1.54) is 6.20 Å². The molecule has 0 spiro atoms. The van der Waals surface area contributed by atoms with Gasteiger partial charge in [-0.25, -0.2) is 9.97 Å². The molecule has 2 rings (SSSR count). The maximum absolute atomic E-state index is 12.1. The molecular weight excluding hydrogens is 386 g/mol. The van der Waals surface area contributed by atoms with Gasteiger partial charge in [0.05, 0.1) is 12.2 Å². The summed E-state index contributed by atoms with van der Waals surface area (Å²) in [6.07, 6.45) is 3.18. The number of amides is 1. The van der Waals surface area contributed by atoms with E-state index in [1.807, 2.05) is 6.07 Å². The molecule has 2 heterocycles. The number of nitrogens with zero attached hydrogens (tertiary/aromatic N) is 2. The highest BCUT2D eigenvalue weighted by atomic mass is 79.9. The van der Waals surface area contributed by atoms with E-state index in [4.69, 9.17) is 21.1 Å². The van der Waals surface area contributed by atoms with Gasteiger partial charge in [0.25, 0.3) is 5.91 Å². The van der Waals surface area contributed by atoms with Crippen molar-refractivity contribution < 1.29 is 14.3 Å². The lowest BCUT2D eigenvalue weighted by Crippen LogP contribution is -2.23. The number of carbonyl (C=O) groups is 1. The van der Waals surface area contributed by atoms with E-state index in [1.54, 1.807) is 25.4 Å². The quantitative estimate of drug-likeness (QED) is 0.571. The number of aromatic nitrogens is 2. The molecule has 0 bridgehead atoms. The topological polar surface area (TPSA) is 73.3 Å². The van der Waals surface area contributed by atoms with Gasteiger partial charge < -0.3 is 14.8 Å². The van der Waals surface area contributed by atoms with Crippen LogP contribution in [0.5, 0.6) is 5.88 Å². The molecule has 2 aromatic rings. The Bertz CT molecular complexity index is 668. The lowest BCUT2D eigenvalue weighted by Gasteiger charge is -2.08. The lowest BCUT2D eigenvalue weighted by molar-refractivity contribution is 0.0950. The van der Waals surface area contributed by atoms with Gasteiger partial charge in [-0.15, -0.1) is 0 Å². The van der Waals surface area contributed by atoms with E-state index in [-0.39, 0.29) is 11.1 Å². The van der Waals surface area contributed by atoms with Crippen molar-refractivity contribution in [3.05, 3.63) is 51.3 Å². The first kappa shape index (κ1) is 17.7. The van der Waals surface area contributed by atoms with E-state index < -0.39 is 0 Å². The zero-order valence-corrected chi connectivity index (χ0v) is 14.7. The van der Waals surface area contributed by atoms with Crippen LogP contribution >= 0.6 is 27.5 Å². The predicted molar refractivity (Wildman–Crippen MR) is 89.7 cm³/mol. The molecule has 0 saturated carbocycles. The van der Waals surface area contributed by atoms with Gasteiger partial charge in [-0.05, 0) is 27.6 Å². The molecule has 0 aromatic carbocycles. The van der Waals surface area contributed by atoms with Gasteiger partial charge in [-0.3, -0.25) is 4.79 Å². The molecule has 122 valence electrons. The summed E-state index contributed by atoms with van der Waals surface area (Å²) in [5.41, 5.74) is 1.16. The average molecular weight is 401 g/mol. The molecule has 0 radical (unpaired) electrons. The maximum atomic E-state index is 12.1. The minimum Gasteiger partial charge on any atom is -0.475 e. The number of hydrogen-bond donors (Lipinski definition) is 1. The number of hydrogen-bond acceptors (Lipinski definition) is 5. The van der Waals surface area contributed by atoms with Crippen LogP contribution in [0, 0.1) is 0 Å². The van der Waals surface area contributed by atoms with E-state index in [2.05, 4.69) is 31.2 Å². The second-order valence-corrected chi connectivity index (χ2v) is 5.79. The van der Waals surface area contributed by atoms with Crippen molar-refractivity contribution in [2.75, 3.05) is 20.3 Å². The van der Waals surface area contributed by atoms with Crippen LogP contribution < -0.4 is 10.1 Å². The summed E-state index contributed by atoms with van der Waals surface area (Å²) < 4.78 is 10.9. The molecule has 6 nitrogen and oxygen atoms in total. The fourth-order valence-electron chi connectivity index (χ4n) is 1.69. The summed E-state index contributed by atoms with van der Waals surface area (Å²) in [4.78, 5) is 20.2. The molecule has 23 heavy (non-hydrogen) atoms. The van der Waals surface area contributed by atoms with Crippen LogP contribution in [0.4, 0.5) is 0 Å². The van der Waals surface area contributed by atoms with Crippen molar-refractivity contribution in [3.63, 3.8) is 0 Å². The molecule has 0 aliphatic carbocycles. The van der Waals surface area contributed by atoms with Crippen LogP contribution in [0.25, 0.3) is 0 Å². The van der Waals surface area contributed by atoms with Crippen LogP contribution in [0.2, 0.25) is 5.15 Å². The molecule has 0 aliphatic heterocycles. The average Bonchev–Trinajstić information content (AvgIpc) is 2.56. The predicted octanol–water partition coefficient (Wildman–Crippen LogP) is 2.85. The Morgan fingerprint density at radius 3 is 2.83 bits per heavy atom. The van der Waals surface area contributed by atoms with Crippen LogP contribution in [0.1, 0.15) is 15.9 Å². The molecule has 0 fully saturated rings. The van der Waals surface area contributed by atoms with Crippen molar-refractivity contribution in [2.24, 2.45) is 0 Å². The number of nitrogens with one attached hydrogen (secondary N) is 1. The highest BCUT2D eigenvalue weighted by molar-refractivity contribution is 9.10. The number of carbonyl (C=O) groups excluding carboxylic acids is 1. The van der Waals surface area contributed by atoms with E-state index in [0.717, 1.165) is 5.56 Å². The lowest BCUT2D eigenvalue weighted by atomic mass is 10.2. The van der Waals surface area contributed by atoms with Crippen LogP contribution in [0.15, 0.2) is 35.1 Å². The fourth-order valence-corrected chi connectivity index (χ4v) is 2.21. The van der Waals surface area contributed by atoms with E-state index in [0.29, 0.717) is 35.7 Å². The standard InChI is InChI=1S/C15H15BrClN3O3/c1-22-4-5-23-13-3-2-10(7-18-13)8-20-15(21)12-6-11(16)9-19-14(12)17/h2-3,6-7,9H,4-5,8H2,1H3,(H,20,21). The molecule has 0 unspecified atom stereocenters. The normalized spacial score (nSPS) is 10.4. The van der Waals surface area contributed by atoms with Gasteiger partial charge in [0.1, 0.15) is 11.8 Å². The summed E-state index contributed by atoms with van der Waals surface area (Å²) in [6.45, 7) is 1.27. The Morgan fingerprint density at radius 1 is 1.30 bits per heavy atom. The van der Waals surface area contributed by atoms with Crippen molar-refractivity contribution >= 4 is 33.4 Å². The minimum absolute atomic E-state index is 0.158. The van der Waals surface area contributed by atoms with Gasteiger partial charge in [0.2, 0.25) is 5.88 Å². The van der Waals surface area contributed by atoms with E-state index >= 15 is 0 Å². The molecule has 2 aromatic heterocycles. The third-order valence-corrected chi connectivity index (χ3v) is 3.57. The summed E-state index contributed by atoms with van der Waals surface area (Å²) >= 11 is 9.18. The molecular formula is C15H15BrClN3O3. The molecule has 1 N–H and O–H groups in total. The van der Waals surface area contributed by atoms with Crippen molar-refractivity contribution in [3.8, 4) is 5.88 Å². The van der Waals surface area contributed by atoms with Crippen molar-refractivity contribution in [1.29, 1.82) is 0 Å². The van der Waals surface area contributed by atoms with Gasteiger partial charge in [-0.2, -0.15) is 0 Å². The molecule has 0 atom stereocenters. The van der Waals surface area contributed by atoms with Crippen LogP contribution in [-0.4, -0.2) is 36.2 Å². The summed E-state index contributed by atoms with van der Waals surface area (Å²) in [7, 11) is 1.61. The second-order valence-electron chi connectivity index (χ2n) is 4.52. The molecule has 1 amide bonds. The maximum Gasteiger partial charge on any atom is 0.254 e. The molecule has 0 aliphatic rings. The van der Waals surface area contributed by atoms with Crippen LogP contribution in [-0.2, 0) is 11.3 Å². The number of ether oxygens (including phenoxy) is 2. The third kappa shape index (κ3) is 5.46. The summed E-state index contributed by atoms with van der Waals surface area (Å²) in [5.74, 6) is 0.209. The number of pyridine rings is 2. The number of methoxy groups -OCH3 is 1. The fraction of sp³-hybridized carbons (Fsp3) is 0.267. The van der Waals surface area contributed by atoms with Crippen molar-refractivity contribution in [1.82, 2.24) is 15.3 Å². The zero-order valence-electron chi connectivity index (χ0n) is 12.4. The third-order valence-electron chi connectivity index (χ3n) is 2.84. The zero-order chi connectivity index (χ0) is 16.7. The first-order chi connectivity index (χ1) is 11.1. The highest BCUT2D eigenvalue weighted by Crippen LogP contribution is 2.18. The summed E-state index contributed by atoms with van der Waals surface area (Å²) in [6, 6.07) is 5.19.